The first-order chi connectivity index (χ1) is 13.5. The van der Waals surface area contributed by atoms with E-state index in [1.165, 1.54) is 7.11 Å². The summed E-state index contributed by atoms with van der Waals surface area (Å²) in [6.07, 6.45) is 4.66. The summed E-state index contributed by atoms with van der Waals surface area (Å²) >= 11 is 0. The van der Waals surface area contributed by atoms with Gasteiger partial charge in [0.2, 0.25) is 11.8 Å². The topological polar surface area (TPSA) is 84.9 Å². The first kappa shape index (κ1) is 20.3. The molecule has 1 aromatic rings. The molecule has 2 aliphatic rings. The Balaban J connectivity index is 1.59. The van der Waals surface area contributed by atoms with Crippen LogP contribution in [0, 0.1) is 5.41 Å². The van der Waals surface area contributed by atoms with Gasteiger partial charge in [-0.05, 0) is 42.5 Å². The number of benzene rings is 1. The minimum absolute atomic E-state index is 0.0949. The molecule has 7 nitrogen and oxygen atoms in total. The van der Waals surface area contributed by atoms with Crippen LogP contribution in [0.15, 0.2) is 24.3 Å². The predicted molar refractivity (Wildman–Crippen MR) is 104 cm³/mol. The molecule has 1 N–H and O–H groups in total. The minimum atomic E-state index is -0.413. The summed E-state index contributed by atoms with van der Waals surface area (Å²) < 4.78 is 10.00. The molecule has 0 radical (unpaired) electrons. The molecule has 1 saturated heterocycles. The number of methoxy groups -OCH3 is 1. The standard InChI is InChI=1S/C21H28N2O5/c1-27-20(26)16-4-6-17(7-5-16)22-18(24)14-21(8-2-3-9-21)15-19(25)23-10-12-28-13-11-23/h4-7H,2-3,8-15H2,1H3,(H,22,24). The zero-order chi connectivity index (χ0) is 20.0. The van der Waals surface area contributed by atoms with Crippen molar-refractivity contribution in [2.24, 2.45) is 5.41 Å². The molecule has 1 aliphatic heterocycles. The minimum Gasteiger partial charge on any atom is -0.465 e. The second-order valence-electron chi connectivity index (χ2n) is 7.67. The van der Waals surface area contributed by atoms with E-state index in [2.05, 4.69) is 10.1 Å². The van der Waals surface area contributed by atoms with Crippen molar-refractivity contribution in [1.29, 1.82) is 0 Å². The zero-order valence-electron chi connectivity index (χ0n) is 16.4. The Morgan fingerprint density at radius 2 is 1.71 bits per heavy atom. The molecule has 2 fully saturated rings. The highest BCUT2D eigenvalue weighted by molar-refractivity contribution is 5.93. The van der Waals surface area contributed by atoms with Crippen molar-refractivity contribution in [2.75, 3.05) is 38.7 Å². The number of hydrogen-bond donors (Lipinski definition) is 1. The van der Waals surface area contributed by atoms with Gasteiger partial charge in [0, 0.05) is 31.6 Å². The predicted octanol–water partition coefficient (Wildman–Crippen LogP) is 2.61. The maximum absolute atomic E-state index is 12.7. The van der Waals surface area contributed by atoms with Crippen molar-refractivity contribution in [3.8, 4) is 0 Å². The van der Waals surface area contributed by atoms with Gasteiger partial charge in [0.1, 0.15) is 0 Å². The third-order valence-corrected chi connectivity index (χ3v) is 5.68. The molecule has 1 aliphatic carbocycles. The molecule has 3 rings (SSSR count). The van der Waals surface area contributed by atoms with Gasteiger partial charge < -0.3 is 19.7 Å². The Hall–Kier alpha value is -2.41. The van der Waals surface area contributed by atoms with E-state index in [4.69, 9.17) is 4.74 Å². The lowest BCUT2D eigenvalue weighted by atomic mass is 9.78. The highest BCUT2D eigenvalue weighted by atomic mass is 16.5. The monoisotopic (exact) mass is 388 g/mol. The summed E-state index contributed by atoms with van der Waals surface area (Å²) in [6.45, 7) is 2.43. The smallest absolute Gasteiger partial charge is 0.337 e. The Morgan fingerprint density at radius 1 is 1.07 bits per heavy atom. The zero-order valence-corrected chi connectivity index (χ0v) is 16.4. The number of anilines is 1. The van der Waals surface area contributed by atoms with Gasteiger partial charge in [-0.15, -0.1) is 0 Å². The van der Waals surface area contributed by atoms with Crippen molar-refractivity contribution in [2.45, 2.75) is 38.5 Å². The lowest BCUT2D eigenvalue weighted by Gasteiger charge is -2.33. The van der Waals surface area contributed by atoms with Crippen LogP contribution in [0.4, 0.5) is 5.69 Å². The van der Waals surface area contributed by atoms with E-state index in [1.807, 2.05) is 4.90 Å². The Labute approximate surface area is 165 Å². The molecule has 28 heavy (non-hydrogen) atoms. The summed E-state index contributed by atoms with van der Waals surface area (Å²) in [6, 6.07) is 6.61. The summed E-state index contributed by atoms with van der Waals surface area (Å²) in [5.41, 5.74) is 0.806. The molecular formula is C21H28N2O5. The van der Waals surface area contributed by atoms with Gasteiger partial charge in [0.15, 0.2) is 0 Å². The highest BCUT2D eigenvalue weighted by Gasteiger charge is 2.39. The van der Waals surface area contributed by atoms with Gasteiger partial charge in [0.05, 0.1) is 25.9 Å². The summed E-state index contributed by atoms with van der Waals surface area (Å²) in [4.78, 5) is 38.7. The van der Waals surface area contributed by atoms with E-state index < -0.39 is 5.97 Å². The van der Waals surface area contributed by atoms with Crippen LogP contribution in [0.25, 0.3) is 0 Å². The molecular weight excluding hydrogens is 360 g/mol. The molecule has 7 heteroatoms. The van der Waals surface area contributed by atoms with Gasteiger partial charge in [-0.1, -0.05) is 12.8 Å². The number of morpholine rings is 1. The van der Waals surface area contributed by atoms with Crippen LogP contribution in [-0.2, 0) is 19.1 Å². The number of ether oxygens (including phenoxy) is 2. The first-order valence-corrected chi connectivity index (χ1v) is 9.85. The van der Waals surface area contributed by atoms with E-state index in [9.17, 15) is 14.4 Å². The van der Waals surface area contributed by atoms with E-state index in [1.54, 1.807) is 24.3 Å². The second kappa shape index (κ2) is 9.19. The van der Waals surface area contributed by atoms with Crippen LogP contribution < -0.4 is 5.32 Å². The van der Waals surface area contributed by atoms with Crippen molar-refractivity contribution in [3.05, 3.63) is 29.8 Å². The third-order valence-electron chi connectivity index (χ3n) is 5.68. The SMILES string of the molecule is COC(=O)c1ccc(NC(=O)CC2(CC(=O)N3CCOCC3)CCCC2)cc1. The number of amides is 2. The van der Waals surface area contributed by atoms with Crippen LogP contribution in [0.3, 0.4) is 0 Å². The van der Waals surface area contributed by atoms with E-state index in [0.29, 0.717) is 50.4 Å². The second-order valence-corrected chi connectivity index (χ2v) is 7.67. The van der Waals surface area contributed by atoms with E-state index in [0.717, 1.165) is 25.7 Å². The average Bonchev–Trinajstić information content (AvgIpc) is 3.16. The van der Waals surface area contributed by atoms with Gasteiger partial charge in [-0.2, -0.15) is 0 Å². The quantitative estimate of drug-likeness (QED) is 0.757. The first-order valence-electron chi connectivity index (χ1n) is 9.85. The number of nitrogens with one attached hydrogen (secondary N) is 1. The molecule has 0 spiro atoms. The van der Waals surface area contributed by atoms with Gasteiger partial charge >= 0.3 is 5.97 Å². The lowest BCUT2D eigenvalue weighted by molar-refractivity contribution is -0.138. The molecule has 0 aromatic heterocycles. The van der Waals surface area contributed by atoms with Gasteiger partial charge in [-0.3, -0.25) is 9.59 Å². The van der Waals surface area contributed by atoms with E-state index in [-0.39, 0.29) is 17.2 Å². The number of rotatable bonds is 6. The maximum atomic E-state index is 12.7. The average molecular weight is 388 g/mol. The number of esters is 1. The number of carbonyl (C=O) groups excluding carboxylic acids is 3. The number of nitrogens with zero attached hydrogens (tertiary/aromatic N) is 1. The summed E-state index contributed by atoms with van der Waals surface area (Å²) in [5.74, 6) is -0.382. The number of carbonyl (C=O) groups is 3. The Bertz CT molecular complexity index is 704. The maximum Gasteiger partial charge on any atom is 0.337 e. The molecule has 2 amide bonds. The van der Waals surface area contributed by atoms with Crippen molar-refractivity contribution in [3.63, 3.8) is 0 Å². The van der Waals surface area contributed by atoms with Crippen LogP contribution in [0.2, 0.25) is 0 Å². The van der Waals surface area contributed by atoms with Gasteiger partial charge in [0.25, 0.3) is 0 Å². The molecule has 0 unspecified atom stereocenters. The summed E-state index contributed by atoms with van der Waals surface area (Å²) in [5, 5.41) is 2.89. The largest absolute Gasteiger partial charge is 0.465 e. The molecule has 0 bridgehead atoms. The molecule has 0 atom stereocenters. The normalized spacial score (nSPS) is 18.5. The van der Waals surface area contributed by atoms with Crippen LogP contribution >= 0.6 is 0 Å². The van der Waals surface area contributed by atoms with Gasteiger partial charge in [-0.25, -0.2) is 4.79 Å². The number of hydrogen-bond acceptors (Lipinski definition) is 5. The van der Waals surface area contributed by atoms with Crippen LogP contribution in [0.5, 0.6) is 0 Å². The van der Waals surface area contributed by atoms with Crippen LogP contribution in [-0.4, -0.2) is 56.1 Å². The van der Waals surface area contributed by atoms with Crippen molar-refractivity contribution in [1.82, 2.24) is 4.90 Å². The summed E-state index contributed by atoms with van der Waals surface area (Å²) in [7, 11) is 1.33. The fourth-order valence-electron chi connectivity index (χ4n) is 4.14. The Kier molecular flexibility index (Phi) is 6.67. The fraction of sp³-hybridized carbons (Fsp3) is 0.571. The van der Waals surface area contributed by atoms with Crippen LogP contribution in [0.1, 0.15) is 48.9 Å². The Morgan fingerprint density at radius 3 is 2.32 bits per heavy atom. The van der Waals surface area contributed by atoms with Crippen molar-refractivity contribution >= 4 is 23.5 Å². The van der Waals surface area contributed by atoms with Crippen molar-refractivity contribution < 1.29 is 23.9 Å². The third kappa shape index (κ3) is 5.10. The van der Waals surface area contributed by atoms with E-state index >= 15 is 0 Å². The fourth-order valence-corrected chi connectivity index (χ4v) is 4.14. The lowest BCUT2D eigenvalue weighted by Crippen LogP contribution is -2.43. The highest BCUT2D eigenvalue weighted by Crippen LogP contribution is 2.44. The molecule has 152 valence electrons. The molecule has 1 saturated carbocycles. The molecule has 1 aromatic carbocycles. The molecule has 1 heterocycles.